The van der Waals surface area contributed by atoms with Crippen molar-refractivity contribution in [2.75, 3.05) is 12.0 Å². The van der Waals surface area contributed by atoms with Crippen LogP contribution in [0.25, 0.3) is 0 Å². The zero-order valence-electron chi connectivity index (χ0n) is 21.9. The van der Waals surface area contributed by atoms with Gasteiger partial charge in [-0.15, -0.1) is 0 Å². The molecule has 0 aliphatic rings. The van der Waals surface area contributed by atoms with Gasteiger partial charge in [0, 0.05) is 12.8 Å². The van der Waals surface area contributed by atoms with Gasteiger partial charge in [-0.2, -0.15) is 11.8 Å². The molecular formula is C27H34N4O8S. The Bertz CT molecular complexity index is 1160. The van der Waals surface area contributed by atoms with Gasteiger partial charge in [-0.05, 0) is 41.7 Å². The quantitative estimate of drug-likeness (QED) is 0.146. The molecule has 0 aromatic heterocycles. The van der Waals surface area contributed by atoms with Gasteiger partial charge in [-0.1, -0.05) is 42.5 Å². The summed E-state index contributed by atoms with van der Waals surface area (Å²) in [7, 11) is 0. The van der Waals surface area contributed by atoms with E-state index in [9.17, 15) is 34.2 Å². The second kappa shape index (κ2) is 16.1. The molecule has 8 N–H and O–H groups in total. The van der Waals surface area contributed by atoms with Crippen molar-refractivity contribution in [3.8, 4) is 5.75 Å². The van der Waals surface area contributed by atoms with E-state index in [0.717, 1.165) is 0 Å². The molecule has 13 heteroatoms. The maximum atomic E-state index is 13.3. The number of aliphatic carboxylic acids is 2. The smallest absolute Gasteiger partial charge is 0.326 e. The van der Waals surface area contributed by atoms with Crippen molar-refractivity contribution in [2.45, 2.75) is 49.9 Å². The fourth-order valence-corrected chi connectivity index (χ4v) is 4.21. The predicted molar refractivity (Wildman–Crippen MR) is 149 cm³/mol. The number of carbonyl (C=O) groups excluding carboxylic acids is 3. The van der Waals surface area contributed by atoms with E-state index >= 15 is 0 Å². The predicted octanol–water partition coefficient (Wildman–Crippen LogP) is 0.272. The van der Waals surface area contributed by atoms with Crippen LogP contribution in [0.3, 0.4) is 0 Å². The minimum absolute atomic E-state index is 0.0114. The normalized spacial score (nSPS) is 13.8. The Kier molecular flexibility index (Phi) is 12.9. The Morgan fingerprint density at radius 1 is 0.775 bits per heavy atom. The van der Waals surface area contributed by atoms with Crippen molar-refractivity contribution < 1.29 is 39.3 Å². The van der Waals surface area contributed by atoms with Gasteiger partial charge in [0.25, 0.3) is 0 Å². The molecule has 0 saturated carbocycles. The third-order valence-corrected chi connectivity index (χ3v) is 6.53. The first-order chi connectivity index (χ1) is 19.0. The molecule has 0 spiro atoms. The first-order valence-electron chi connectivity index (χ1n) is 12.4. The van der Waals surface area contributed by atoms with Gasteiger partial charge in [0.1, 0.15) is 23.9 Å². The van der Waals surface area contributed by atoms with Crippen molar-refractivity contribution in [2.24, 2.45) is 5.73 Å². The van der Waals surface area contributed by atoms with Gasteiger partial charge in [0.15, 0.2) is 0 Å². The fraction of sp³-hybridized carbons (Fsp3) is 0.370. The maximum Gasteiger partial charge on any atom is 0.326 e. The van der Waals surface area contributed by atoms with E-state index in [-0.39, 0.29) is 25.0 Å². The van der Waals surface area contributed by atoms with Crippen LogP contribution in [-0.4, -0.2) is 81.2 Å². The summed E-state index contributed by atoms with van der Waals surface area (Å²) in [4.78, 5) is 61.9. The Morgan fingerprint density at radius 2 is 1.30 bits per heavy atom. The monoisotopic (exact) mass is 574 g/mol. The molecule has 0 saturated heterocycles. The zero-order chi connectivity index (χ0) is 29.7. The molecule has 0 aliphatic carbocycles. The molecule has 2 aromatic carbocycles. The standard InChI is InChI=1S/C27H34N4O8S/c1-40-12-11-20(29-24(35)19(28)15-23(33)34)25(36)30-21(13-16-5-3-2-4-6-16)26(37)31-22(27(38)39)14-17-7-9-18(32)10-8-17/h2-10,19-22,32H,11-15,28H2,1H3,(H,29,35)(H,30,36)(H,31,37)(H,33,34)(H,38,39). The van der Waals surface area contributed by atoms with Gasteiger partial charge >= 0.3 is 11.9 Å². The summed E-state index contributed by atoms with van der Waals surface area (Å²) in [5.41, 5.74) is 6.90. The Balaban J connectivity index is 2.23. The van der Waals surface area contributed by atoms with Gasteiger partial charge in [-0.25, -0.2) is 4.79 Å². The van der Waals surface area contributed by atoms with Crippen LogP contribution < -0.4 is 21.7 Å². The van der Waals surface area contributed by atoms with Gasteiger partial charge in [-0.3, -0.25) is 19.2 Å². The largest absolute Gasteiger partial charge is 0.508 e. The molecule has 0 radical (unpaired) electrons. The molecule has 0 bridgehead atoms. The lowest BCUT2D eigenvalue weighted by atomic mass is 10.0. The average Bonchev–Trinajstić information content (AvgIpc) is 2.91. The number of thioether (sulfide) groups is 1. The molecule has 40 heavy (non-hydrogen) atoms. The maximum absolute atomic E-state index is 13.3. The number of hydrogen-bond donors (Lipinski definition) is 7. The van der Waals surface area contributed by atoms with Crippen LogP contribution in [0.1, 0.15) is 24.0 Å². The van der Waals surface area contributed by atoms with E-state index < -0.39 is 60.2 Å². The van der Waals surface area contributed by atoms with Crippen molar-refractivity contribution in [3.63, 3.8) is 0 Å². The zero-order valence-corrected chi connectivity index (χ0v) is 22.7. The van der Waals surface area contributed by atoms with E-state index in [1.807, 2.05) is 0 Å². The number of nitrogens with two attached hydrogens (primary N) is 1. The van der Waals surface area contributed by atoms with Crippen LogP contribution in [0, 0.1) is 0 Å². The second-order valence-corrected chi connectivity index (χ2v) is 10.1. The summed E-state index contributed by atoms with van der Waals surface area (Å²) in [5, 5.41) is 35.7. The lowest BCUT2D eigenvalue weighted by Crippen LogP contribution is -2.58. The number of amides is 3. The summed E-state index contributed by atoms with van der Waals surface area (Å²) in [6.07, 6.45) is 1.32. The van der Waals surface area contributed by atoms with Crippen LogP contribution in [0.15, 0.2) is 54.6 Å². The van der Waals surface area contributed by atoms with Crippen molar-refractivity contribution in [3.05, 3.63) is 65.7 Å². The number of benzene rings is 2. The van der Waals surface area contributed by atoms with E-state index in [0.29, 0.717) is 16.9 Å². The molecule has 0 heterocycles. The summed E-state index contributed by atoms with van der Waals surface area (Å²) < 4.78 is 0. The molecular weight excluding hydrogens is 540 g/mol. The molecule has 12 nitrogen and oxygen atoms in total. The molecule has 0 aliphatic heterocycles. The minimum atomic E-state index is -1.37. The number of aromatic hydroxyl groups is 1. The first kappa shape index (κ1) is 32.1. The van der Waals surface area contributed by atoms with Gasteiger partial charge in [0.05, 0.1) is 12.5 Å². The number of nitrogens with one attached hydrogen (secondary N) is 3. The number of rotatable bonds is 16. The number of hydrogen-bond acceptors (Lipinski definition) is 8. The molecule has 216 valence electrons. The summed E-state index contributed by atoms with van der Waals surface area (Å²) >= 11 is 1.42. The topological polar surface area (TPSA) is 208 Å². The number of phenolic OH excluding ortho intramolecular Hbond substituents is 1. The highest BCUT2D eigenvalue weighted by Gasteiger charge is 2.31. The summed E-state index contributed by atoms with van der Waals surface area (Å²) in [6, 6.07) is 9.65. The minimum Gasteiger partial charge on any atom is -0.508 e. The lowest BCUT2D eigenvalue weighted by Gasteiger charge is -2.25. The van der Waals surface area contributed by atoms with E-state index in [1.165, 1.54) is 36.0 Å². The Morgan fingerprint density at radius 3 is 1.88 bits per heavy atom. The number of carbonyl (C=O) groups is 5. The highest BCUT2D eigenvalue weighted by Crippen LogP contribution is 2.12. The van der Waals surface area contributed by atoms with E-state index in [2.05, 4.69) is 16.0 Å². The molecule has 3 amide bonds. The van der Waals surface area contributed by atoms with Crippen LogP contribution in [-0.2, 0) is 36.8 Å². The van der Waals surface area contributed by atoms with Crippen molar-refractivity contribution in [1.29, 1.82) is 0 Å². The Labute approximate surface area is 235 Å². The summed E-state index contributed by atoms with van der Waals surface area (Å²) in [6.45, 7) is 0. The molecule has 2 rings (SSSR count). The van der Waals surface area contributed by atoms with Crippen molar-refractivity contribution >= 4 is 41.4 Å². The Hall–Kier alpha value is -4.10. The van der Waals surface area contributed by atoms with Crippen LogP contribution in [0.2, 0.25) is 0 Å². The van der Waals surface area contributed by atoms with Crippen LogP contribution in [0.5, 0.6) is 5.75 Å². The first-order valence-corrected chi connectivity index (χ1v) is 13.8. The third kappa shape index (κ3) is 10.9. The second-order valence-electron chi connectivity index (χ2n) is 9.07. The number of phenols is 1. The lowest BCUT2D eigenvalue weighted by molar-refractivity contribution is -0.142. The summed E-state index contributed by atoms with van der Waals surface area (Å²) in [5.74, 6) is -4.36. The van der Waals surface area contributed by atoms with Crippen LogP contribution in [0.4, 0.5) is 0 Å². The third-order valence-electron chi connectivity index (χ3n) is 5.88. The molecule has 4 atom stereocenters. The van der Waals surface area contributed by atoms with Crippen molar-refractivity contribution in [1.82, 2.24) is 16.0 Å². The van der Waals surface area contributed by atoms with E-state index in [1.54, 1.807) is 36.6 Å². The fourth-order valence-electron chi connectivity index (χ4n) is 3.74. The highest BCUT2D eigenvalue weighted by atomic mass is 32.2. The molecule has 2 aromatic rings. The average molecular weight is 575 g/mol. The SMILES string of the molecule is CSCCC(NC(=O)C(N)CC(=O)O)C(=O)NC(Cc1ccccc1)C(=O)NC(Cc1ccc(O)cc1)C(=O)O. The highest BCUT2D eigenvalue weighted by molar-refractivity contribution is 7.98. The molecule has 0 fully saturated rings. The van der Waals surface area contributed by atoms with E-state index in [4.69, 9.17) is 10.8 Å². The number of carboxylic acids is 2. The number of carboxylic acid groups (broad SMARTS) is 2. The molecule has 4 unspecified atom stereocenters. The van der Waals surface area contributed by atoms with Gasteiger partial charge < -0.3 is 37.0 Å². The van der Waals surface area contributed by atoms with Crippen LogP contribution >= 0.6 is 11.8 Å². The van der Waals surface area contributed by atoms with Gasteiger partial charge in [0.2, 0.25) is 17.7 Å².